The van der Waals surface area contributed by atoms with E-state index in [-0.39, 0.29) is 5.91 Å². The number of amides is 1. The average Bonchev–Trinajstić information content (AvgIpc) is 3.06. The average molecular weight is 347 g/mol. The summed E-state index contributed by atoms with van der Waals surface area (Å²) in [4.78, 5) is 24.0. The van der Waals surface area contributed by atoms with Crippen molar-refractivity contribution < 1.29 is 23.8 Å². The first-order valence-electron chi connectivity index (χ1n) is 6.96. The fourth-order valence-electron chi connectivity index (χ4n) is 1.96. The van der Waals surface area contributed by atoms with Gasteiger partial charge in [-0.25, -0.2) is 4.79 Å². The maximum atomic E-state index is 12.0. The van der Waals surface area contributed by atoms with Gasteiger partial charge in [-0.1, -0.05) is 6.07 Å². The second-order valence-corrected chi connectivity index (χ2v) is 5.51. The van der Waals surface area contributed by atoms with Gasteiger partial charge in [-0.05, 0) is 35.2 Å². The van der Waals surface area contributed by atoms with Crippen molar-refractivity contribution in [3.8, 4) is 11.5 Å². The molecule has 1 N–H and O–H groups in total. The van der Waals surface area contributed by atoms with E-state index in [1.807, 2.05) is 0 Å². The normalized spacial score (nSPS) is 10.5. The number of methoxy groups -OCH3 is 3. The first kappa shape index (κ1) is 17.6. The predicted molar refractivity (Wildman–Crippen MR) is 92.9 cm³/mol. The highest BCUT2D eigenvalue weighted by molar-refractivity contribution is 7.12. The van der Waals surface area contributed by atoms with Crippen molar-refractivity contribution in [1.82, 2.24) is 0 Å². The lowest BCUT2D eigenvalue weighted by Crippen LogP contribution is -2.10. The fourth-order valence-corrected chi connectivity index (χ4v) is 2.73. The number of esters is 1. The maximum Gasteiger partial charge on any atom is 0.350 e. The molecule has 1 aromatic heterocycles. The molecule has 0 fully saturated rings. The standard InChI is InChI=1S/C17H17NO5S/c1-21-13-6-4-11(10-14(13)22-2)5-7-15(19)18-12-8-9-24-16(12)17(20)23-3/h4-10H,1-3H3,(H,18,19). The van der Waals surface area contributed by atoms with Crippen LogP contribution in [0, 0.1) is 0 Å². The molecule has 0 bridgehead atoms. The molecule has 2 rings (SSSR count). The number of nitrogens with one attached hydrogen (secondary N) is 1. The molecule has 0 aliphatic heterocycles. The molecule has 0 aliphatic carbocycles. The van der Waals surface area contributed by atoms with E-state index < -0.39 is 5.97 Å². The van der Waals surface area contributed by atoms with E-state index in [9.17, 15) is 9.59 Å². The number of thiophene rings is 1. The van der Waals surface area contributed by atoms with Gasteiger partial charge in [-0.3, -0.25) is 4.79 Å². The molecule has 0 atom stereocenters. The van der Waals surface area contributed by atoms with Crippen LogP contribution in [0.25, 0.3) is 6.08 Å². The van der Waals surface area contributed by atoms with Crippen LogP contribution in [-0.2, 0) is 9.53 Å². The molecule has 0 saturated carbocycles. The van der Waals surface area contributed by atoms with Crippen molar-refractivity contribution >= 4 is 35.0 Å². The summed E-state index contributed by atoms with van der Waals surface area (Å²) >= 11 is 1.20. The molecular weight excluding hydrogens is 330 g/mol. The maximum absolute atomic E-state index is 12.0. The molecule has 1 heterocycles. The van der Waals surface area contributed by atoms with Crippen LogP contribution in [0.1, 0.15) is 15.2 Å². The minimum absolute atomic E-state index is 0.352. The summed E-state index contributed by atoms with van der Waals surface area (Å²) in [5.74, 6) is 0.350. The van der Waals surface area contributed by atoms with Gasteiger partial charge >= 0.3 is 5.97 Å². The van der Waals surface area contributed by atoms with E-state index >= 15 is 0 Å². The summed E-state index contributed by atoms with van der Waals surface area (Å²) in [7, 11) is 4.40. The Labute approximate surface area is 143 Å². The molecule has 1 aromatic carbocycles. The second-order valence-electron chi connectivity index (χ2n) is 4.59. The Morgan fingerprint density at radius 3 is 2.50 bits per heavy atom. The SMILES string of the molecule is COC(=O)c1sccc1NC(=O)C=Cc1ccc(OC)c(OC)c1. The monoisotopic (exact) mass is 347 g/mol. The first-order valence-corrected chi connectivity index (χ1v) is 7.84. The molecule has 7 heteroatoms. The Morgan fingerprint density at radius 2 is 1.83 bits per heavy atom. The Morgan fingerprint density at radius 1 is 1.08 bits per heavy atom. The Hall–Kier alpha value is -2.80. The van der Waals surface area contributed by atoms with Crippen molar-refractivity contribution in [2.45, 2.75) is 0 Å². The lowest BCUT2D eigenvalue weighted by molar-refractivity contribution is -0.111. The van der Waals surface area contributed by atoms with Crippen molar-refractivity contribution in [1.29, 1.82) is 0 Å². The molecule has 2 aromatic rings. The van der Waals surface area contributed by atoms with E-state index in [1.54, 1.807) is 49.9 Å². The topological polar surface area (TPSA) is 73.9 Å². The van der Waals surface area contributed by atoms with Crippen LogP contribution in [0.15, 0.2) is 35.7 Å². The van der Waals surface area contributed by atoms with Gasteiger partial charge in [0, 0.05) is 6.08 Å². The number of hydrogen-bond acceptors (Lipinski definition) is 6. The number of rotatable bonds is 6. The van der Waals surface area contributed by atoms with E-state index in [2.05, 4.69) is 10.1 Å². The summed E-state index contributed by atoms with van der Waals surface area (Å²) in [5, 5.41) is 4.36. The van der Waals surface area contributed by atoms with Gasteiger partial charge in [0.2, 0.25) is 5.91 Å². The minimum Gasteiger partial charge on any atom is -0.493 e. The van der Waals surface area contributed by atoms with Gasteiger partial charge < -0.3 is 19.5 Å². The van der Waals surface area contributed by atoms with Crippen LogP contribution in [0.2, 0.25) is 0 Å². The number of anilines is 1. The number of carbonyl (C=O) groups is 2. The van der Waals surface area contributed by atoms with Crippen LogP contribution in [0.4, 0.5) is 5.69 Å². The molecule has 0 spiro atoms. The molecule has 1 amide bonds. The largest absolute Gasteiger partial charge is 0.493 e. The third-order valence-corrected chi connectivity index (χ3v) is 4.02. The first-order chi connectivity index (χ1) is 11.6. The van der Waals surface area contributed by atoms with E-state index in [0.717, 1.165) is 5.56 Å². The molecule has 0 radical (unpaired) electrons. The molecule has 24 heavy (non-hydrogen) atoms. The quantitative estimate of drug-likeness (QED) is 0.642. The van der Waals surface area contributed by atoms with Gasteiger partial charge in [0.25, 0.3) is 0 Å². The molecule has 126 valence electrons. The summed E-state index contributed by atoms with van der Waals surface area (Å²) in [6.07, 6.45) is 3.02. The molecule has 0 aliphatic rings. The molecule has 0 unspecified atom stereocenters. The van der Waals surface area contributed by atoms with Crippen LogP contribution < -0.4 is 14.8 Å². The zero-order valence-corrected chi connectivity index (χ0v) is 14.3. The lowest BCUT2D eigenvalue weighted by atomic mass is 10.2. The highest BCUT2D eigenvalue weighted by Crippen LogP contribution is 2.28. The van der Waals surface area contributed by atoms with E-state index in [1.165, 1.54) is 24.5 Å². The number of benzene rings is 1. The Bertz CT molecular complexity index is 766. The molecule has 6 nitrogen and oxygen atoms in total. The van der Waals surface area contributed by atoms with E-state index in [0.29, 0.717) is 22.1 Å². The van der Waals surface area contributed by atoms with Crippen molar-refractivity contribution in [2.75, 3.05) is 26.6 Å². The summed E-state index contributed by atoms with van der Waals surface area (Å²) in [5.41, 5.74) is 1.20. The van der Waals surface area contributed by atoms with E-state index in [4.69, 9.17) is 9.47 Å². The zero-order chi connectivity index (χ0) is 17.5. The molecular formula is C17H17NO5S. The Kier molecular flexibility index (Phi) is 5.97. The van der Waals surface area contributed by atoms with Gasteiger partial charge in [0.15, 0.2) is 11.5 Å². The van der Waals surface area contributed by atoms with Gasteiger partial charge in [0.05, 0.1) is 27.0 Å². The van der Waals surface area contributed by atoms with Crippen LogP contribution in [-0.4, -0.2) is 33.2 Å². The lowest BCUT2D eigenvalue weighted by Gasteiger charge is -2.07. The van der Waals surface area contributed by atoms with Crippen LogP contribution in [0.3, 0.4) is 0 Å². The second kappa shape index (κ2) is 8.16. The minimum atomic E-state index is -0.482. The van der Waals surface area contributed by atoms with Crippen molar-refractivity contribution in [3.63, 3.8) is 0 Å². The van der Waals surface area contributed by atoms with Crippen LogP contribution >= 0.6 is 11.3 Å². The number of hydrogen-bond donors (Lipinski definition) is 1. The molecule has 0 saturated heterocycles. The number of carbonyl (C=O) groups excluding carboxylic acids is 2. The fraction of sp³-hybridized carbons (Fsp3) is 0.176. The smallest absolute Gasteiger partial charge is 0.350 e. The zero-order valence-electron chi connectivity index (χ0n) is 13.5. The highest BCUT2D eigenvalue weighted by Gasteiger charge is 2.14. The highest BCUT2D eigenvalue weighted by atomic mass is 32.1. The van der Waals surface area contributed by atoms with Gasteiger partial charge in [0.1, 0.15) is 4.88 Å². The van der Waals surface area contributed by atoms with Crippen molar-refractivity contribution in [2.24, 2.45) is 0 Å². The number of ether oxygens (including phenoxy) is 3. The summed E-state index contributed by atoms with van der Waals surface area (Å²) < 4.78 is 15.0. The summed E-state index contributed by atoms with van der Waals surface area (Å²) in [6.45, 7) is 0. The van der Waals surface area contributed by atoms with Crippen LogP contribution in [0.5, 0.6) is 11.5 Å². The third kappa shape index (κ3) is 4.14. The van der Waals surface area contributed by atoms with Gasteiger partial charge in [-0.2, -0.15) is 0 Å². The summed E-state index contributed by atoms with van der Waals surface area (Å²) in [6, 6.07) is 6.96. The third-order valence-electron chi connectivity index (χ3n) is 3.13. The van der Waals surface area contributed by atoms with Gasteiger partial charge in [-0.15, -0.1) is 11.3 Å². The predicted octanol–water partition coefficient (Wildman–Crippen LogP) is 3.20. The Balaban J connectivity index is 2.09. The van der Waals surface area contributed by atoms with Crippen molar-refractivity contribution in [3.05, 3.63) is 46.2 Å².